The van der Waals surface area contributed by atoms with Crippen molar-refractivity contribution in [3.05, 3.63) is 46.3 Å². The summed E-state index contributed by atoms with van der Waals surface area (Å²) in [6.45, 7) is 11.6. The molecule has 0 spiro atoms. The molecule has 0 saturated carbocycles. The fraction of sp³-hybridized carbons (Fsp3) is 0.433. The Morgan fingerprint density at radius 2 is 2.16 bits per heavy atom. The number of nitrogens with two attached hydrogens (primary N) is 1. The molecule has 0 amide bonds. The van der Waals surface area contributed by atoms with Crippen LogP contribution in [-0.4, -0.2) is 65.0 Å². The molecule has 3 fully saturated rings. The van der Waals surface area contributed by atoms with Gasteiger partial charge >= 0.3 is 6.01 Å². The van der Waals surface area contributed by atoms with Gasteiger partial charge in [0.25, 0.3) is 0 Å². The number of fused-ring (bicyclic) bond motifs is 3. The fourth-order valence-corrected chi connectivity index (χ4v) is 8.06. The van der Waals surface area contributed by atoms with E-state index in [1.54, 1.807) is 0 Å². The first-order valence-corrected chi connectivity index (χ1v) is 15.4. The van der Waals surface area contributed by atoms with Crippen molar-refractivity contribution in [2.75, 3.05) is 32.0 Å². The highest BCUT2D eigenvalue weighted by Crippen LogP contribution is 2.49. The predicted octanol–water partition coefficient (Wildman–Crippen LogP) is 6.66. The van der Waals surface area contributed by atoms with Gasteiger partial charge in [0.15, 0.2) is 5.82 Å². The number of hydrogen-bond donors (Lipinski definition) is 2. The first kappa shape index (κ1) is 28.4. The Morgan fingerprint density at radius 1 is 1.33 bits per heavy atom. The van der Waals surface area contributed by atoms with E-state index in [2.05, 4.69) is 25.0 Å². The van der Waals surface area contributed by atoms with Crippen LogP contribution in [0.3, 0.4) is 0 Å². The monoisotopic (exact) mass is 628 g/mol. The number of ether oxygens (including phenoxy) is 2. The van der Waals surface area contributed by atoms with E-state index in [1.807, 2.05) is 6.92 Å². The van der Waals surface area contributed by atoms with E-state index >= 15 is 4.39 Å². The van der Waals surface area contributed by atoms with Gasteiger partial charge in [0.05, 0.1) is 32.2 Å². The van der Waals surface area contributed by atoms with E-state index in [1.165, 1.54) is 18.2 Å². The molecule has 224 valence electrons. The molecule has 8 nitrogen and oxygen atoms in total. The molecule has 13 heteroatoms. The van der Waals surface area contributed by atoms with Gasteiger partial charge in [-0.05, 0) is 44.0 Å². The Bertz CT molecular complexity index is 1820. The second-order valence-electron chi connectivity index (χ2n) is 11.6. The van der Waals surface area contributed by atoms with Crippen molar-refractivity contribution in [1.82, 2.24) is 20.2 Å². The molecule has 43 heavy (non-hydrogen) atoms. The van der Waals surface area contributed by atoms with Crippen molar-refractivity contribution < 1.29 is 22.6 Å². The van der Waals surface area contributed by atoms with Gasteiger partial charge in [0.1, 0.15) is 30.2 Å². The molecule has 3 aliphatic rings. The van der Waals surface area contributed by atoms with Gasteiger partial charge in [0.2, 0.25) is 11.6 Å². The smallest absolute Gasteiger partial charge is 0.320 e. The number of thiophene rings is 1. The number of aromatic nitrogens is 2. The lowest BCUT2D eigenvalue weighted by atomic mass is 9.95. The maximum absolute atomic E-state index is 16.7. The molecule has 4 aromatic rings. The summed E-state index contributed by atoms with van der Waals surface area (Å²) < 4.78 is 58.3. The van der Waals surface area contributed by atoms with Gasteiger partial charge in [-0.25, -0.2) is 18.0 Å². The number of alkyl halides is 1. The fourth-order valence-electron chi connectivity index (χ4n) is 6.83. The molecule has 0 aliphatic carbocycles. The summed E-state index contributed by atoms with van der Waals surface area (Å²) in [6.07, 6.45) is 1.66. The van der Waals surface area contributed by atoms with Crippen LogP contribution in [0.15, 0.2) is 18.2 Å². The van der Waals surface area contributed by atoms with Crippen LogP contribution >= 0.6 is 22.9 Å². The van der Waals surface area contributed by atoms with Crippen molar-refractivity contribution in [3.8, 4) is 23.0 Å². The first-order valence-electron chi connectivity index (χ1n) is 14.2. The number of rotatable bonds is 6. The van der Waals surface area contributed by atoms with Crippen LogP contribution in [0.4, 0.5) is 23.9 Å². The van der Waals surface area contributed by atoms with Crippen LogP contribution in [0.1, 0.15) is 32.6 Å². The lowest BCUT2D eigenvalue weighted by Gasteiger charge is -2.30. The number of hydrogen-bond acceptors (Lipinski definition) is 8. The molecule has 3 aliphatic heterocycles. The molecular weight excluding hydrogens is 601 g/mol. The maximum Gasteiger partial charge on any atom is 0.320 e. The van der Waals surface area contributed by atoms with Crippen molar-refractivity contribution in [3.63, 3.8) is 0 Å². The third-order valence-corrected chi connectivity index (χ3v) is 10.1. The number of nitrogens with zero attached hydrogens (tertiary/aromatic N) is 4. The zero-order chi connectivity index (χ0) is 30.0. The summed E-state index contributed by atoms with van der Waals surface area (Å²) in [5, 5.41) is 3.90. The van der Waals surface area contributed by atoms with Crippen LogP contribution in [0.2, 0.25) is 5.02 Å². The Morgan fingerprint density at radius 3 is 2.93 bits per heavy atom. The lowest BCUT2D eigenvalue weighted by molar-refractivity contribution is 0.106. The van der Waals surface area contributed by atoms with Crippen molar-refractivity contribution >= 4 is 54.6 Å². The Hall–Kier alpha value is -3.37. The summed E-state index contributed by atoms with van der Waals surface area (Å²) >= 11 is 7.65. The first-order chi connectivity index (χ1) is 20.7. The van der Waals surface area contributed by atoms with Crippen LogP contribution < -0.4 is 20.5 Å². The number of nitrogen functional groups attached to an aromatic ring is 1. The molecule has 4 atom stereocenters. The summed E-state index contributed by atoms with van der Waals surface area (Å²) in [7, 11) is 0. The second kappa shape index (κ2) is 10.7. The van der Waals surface area contributed by atoms with E-state index in [0.29, 0.717) is 19.5 Å². The van der Waals surface area contributed by atoms with Crippen molar-refractivity contribution in [2.45, 2.75) is 56.5 Å². The van der Waals surface area contributed by atoms with Gasteiger partial charge in [-0.2, -0.15) is 9.97 Å². The standard InChI is InChI=1S/C30H28ClF3N6O2S/c1-14-8-16(11-37-14)42-28-18-9-19(31)21(17-4-5-20(33)26-22(17)25(36-2)27(35)43-26)23(34)24(18)38-29(39-28)41-13-30-6-3-7-40(30)12-15(32)10-30/h4-5,9,14-16,37H,3,6-8,10-13,35H2,1H3/t14-,15-,16+,30+/m1/s1. The van der Waals surface area contributed by atoms with Gasteiger partial charge in [-0.3, -0.25) is 4.90 Å². The molecule has 7 rings (SSSR count). The van der Waals surface area contributed by atoms with E-state index in [-0.39, 0.29) is 78.5 Å². The topological polar surface area (TPSA) is 89.9 Å². The number of halogens is 4. The lowest BCUT2D eigenvalue weighted by Crippen LogP contribution is -2.43. The molecular formula is C30H28ClF3N6O2S. The Kier molecular flexibility index (Phi) is 7.04. The third kappa shape index (κ3) is 4.73. The number of anilines is 1. The summed E-state index contributed by atoms with van der Waals surface area (Å²) in [4.78, 5) is 14.6. The molecule has 0 unspecified atom stereocenters. The van der Waals surface area contributed by atoms with Crippen LogP contribution in [-0.2, 0) is 0 Å². The highest BCUT2D eigenvalue weighted by Gasteiger charge is 2.49. The minimum atomic E-state index is -0.932. The quantitative estimate of drug-likeness (QED) is 0.231. The summed E-state index contributed by atoms with van der Waals surface area (Å²) in [5.74, 6) is -1.25. The van der Waals surface area contributed by atoms with E-state index < -0.39 is 23.3 Å². The molecule has 0 bridgehead atoms. The largest absolute Gasteiger partial charge is 0.472 e. The number of nitrogens with one attached hydrogen (secondary N) is 1. The van der Waals surface area contributed by atoms with Crippen LogP contribution in [0, 0.1) is 18.2 Å². The number of benzene rings is 2. The van der Waals surface area contributed by atoms with Crippen LogP contribution in [0.25, 0.3) is 37.0 Å². The van der Waals surface area contributed by atoms with Gasteiger partial charge in [-0.15, -0.1) is 11.3 Å². The molecule has 3 N–H and O–H groups in total. The van der Waals surface area contributed by atoms with Gasteiger partial charge in [0, 0.05) is 42.9 Å². The molecule has 3 saturated heterocycles. The SMILES string of the molecule is [C-]#[N+]c1c(N)sc2c(F)ccc(-c3c(Cl)cc4c(O[C@@H]5CN[C@H](C)C5)nc(OC[C@@]56CCCN5C[C@H](F)C6)nc4c3F)c12. The zero-order valence-corrected chi connectivity index (χ0v) is 24.8. The normalized spacial score (nSPS) is 25.4. The highest BCUT2D eigenvalue weighted by molar-refractivity contribution is 7.23. The molecule has 0 radical (unpaired) electrons. The van der Waals surface area contributed by atoms with Gasteiger partial charge in [-0.1, -0.05) is 17.7 Å². The molecule has 5 heterocycles. The maximum atomic E-state index is 16.7. The minimum Gasteiger partial charge on any atom is -0.472 e. The third-order valence-electron chi connectivity index (χ3n) is 8.82. The Balaban J connectivity index is 1.37. The van der Waals surface area contributed by atoms with Crippen molar-refractivity contribution in [2.24, 2.45) is 0 Å². The van der Waals surface area contributed by atoms with E-state index in [4.69, 9.17) is 33.4 Å². The molecule has 2 aromatic heterocycles. The minimum absolute atomic E-state index is 0.0130. The summed E-state index contributed by atoms with van der Waals surface area (Å²) in [5.41, 5.74) is 5.68. The highest BCUT2D eigenvalue weighted by atomic mass is 35.5. The van der Waals surface area contributed by atoms with Crippen molar-refractivity contribution in [1.29, 1.82) is 0 Å². The Labute approximate surface area is 254 Å². The second-order valence-corrected chi connectivity index (χ2v) is 13.1. The zero-order valence-electron chi connectivity index (χ0n) is 23.2. The average molecular weight is 629 g/mol. The average Bonchev–Trinajstić information content (AvgIpc) is 3.71. The predicted molar refractivity (Wildman–Crippen MR) is 161 cm³/mol. The van der Waals surface area contributed by atoms with Gasteiger partial charge < -0.3 is 20.5 Å². The van der Waals surface area contributed by atoms with E-state index in [0.717, 1.165) is 37.1 Å². The van der Waals surface area contributed by atoms with E-state index in [9.17, 15) is 8.78 Å². The van der Waals surface area contributed by atoms with Crippen LogP contribution in [0.5, 0.6) is 11.9 Å². The summed E-state index contributed by atoms with van der Waals surface area (Å²) in [6, 6.07) is 4.25. The molecule has 2 aromatic carbocycles.